The van der Waals surface area contributed by atoms with E-state index in [1.807, 2.05) is 60.7 Å². The normalized spacial score (nSPS) is 14.4. The summed E-state index contributed by atoms with van der Waals surface area (Å²) >= 11 is 5.99. The minimum absolute atomic E-state index is 0.0347. The number of aliphatic carboxylic acids is 1. The maximum atomic E-state index is 15.5. The molecule has 0 bridgehead atoms. The van der Waals surface area contributed by atoms with Crippen LogP contribution < -0.4 is 20.4 Å². The van der Waals surface area contributed by atoms with Crippen LogP contribution in [0.5, 0.6) is 0 Å². The van der Waals surface area contributed by atoms with E-state index in [1.54, 1.807) is 19.9 Å². The van der Waals surface area contributed by atoms with Crippen LogP contribution >= 0.6 is 11.6 Å². The van der Waals surface area contributed by atoms with Gasteiger partial charge in [-0.15, -0.1) is 0 Å². The van der Waals surface area contributed by atoms with E-state index < -0.39 is 41.7 Å². The predicted molar refractivity (Wildman–Crippen MR) is 188 cm³/mol. The Kier molecular flexibility index (Phi) is 11.2. The molecule has 0 saturated carbocycles. The van der Waals surface area contributed by atoms with E-state index in [4.69, 9.17) is 16.0 Å². The Labute approximate surface area is 283 Å². The summed E-state index contributed by atoms with van der Waals surface area (Å²) in [6.45, 7) is 11.3. The van der Waals surface area contributed by atoms with Gasteiger partial charge in [0.25, 0.3) is 8.32 Å². The number of aryl methyl sites for hydroxylation is 1. The number of benzene rings is 4. The standard InChI is InChI=1S/C36H42ClFN2O5SSi/c1-25-17-22-32(38)33(26(25)2)27(3)36(34(41)42,40-46(43,44)29-20-18-28(37)19-21-29)39-23-24-45-47(35(4,5)6,30-13-9-7-10-14-30)31-15-11-8-12-16-31/h7-22,27,39-40H,23-24H2,1-6H3,(H,41,42). The van der Waals surface area contributed by atoms with E-state index in [0.717, 1.165) is 15.9 Å². The maximum Gasteiger partial charge on any atom is 0.340 e. The van der Waals surface area contributed by atoms with Gasteiger partial charge in [-0.25, -0.2) is 17.6 Å². The van der Waals surface area contributed by atoms with Crippen molar-refractivity contribution >= 4 is 46.3 Å². The smallest absolute Gasteiger partial charge is 0.340 e. The Morgan fingerprint density at radius 1 is 0.915 bits per heavy atom. The predicted octanol–water partition coefficient (Wildman–Crippen LogP) is 6.13. The molecule has 0 aliphatic rings. The summed E-state index contributed by atoms with van der Waals surface area (Å²) in [5.41, 5.74) is -1.01. The molecule has 2 unspecified atom stereocenters. The number of hydrogen-bond acceptors (Lipinski definition) is 5. The Balaban J connectivity index is 1.78. The van der Waals surface area contributed by atoms with E-state index in [2.05, 4.69) is 30.8 Å². The molecule has 4 aromatic rings. The van der Waals surface area contributed by atoms with Crippen LogP contribution in [-0.4, -0.2) is 46.6 Å². The zero-order valence-corrected chi connectivity index (χ0v) is 30.0. The number of rotatable bonds is 13. The van der Waals surface area contributed by atoms with Crippen LogP contribution in [0, 0.1) is 19.7 Å². The van der Waals surface area contributed by atoms with Crippen LogP contribution in [0.25, 0.3) is 0 Å². The number of sulfonamides is 1. The molecule has 0 saturated heterocycles. The molecular formula is C36H42ClFN2O5SSi. The van der Waals surface area contributed by atoms with Gasteiger partial charge < -0.3 is 9.53 Å². The van der Waals surface area contributed by atoms with E-state index >= 15 is 4.39 Å². The minimum atomic E-state index is -4.45. The van der Waals surface area contributed by atoms with Crippen molar-refractivity contribution in [2.75, 3.05) is 13.2 Å². The van der Waals surface area contributed by atoms with E-state index in [0.29, 0.717) is 10.6 Å². The van der Waals surface area contributed by atoms with Crippen LogP contribution in [-0.2, 0) is 19.2 Å². The first-order valence-corrected chi connectivity index (χ1v) is 19.1. The average molecular weight is 697 g/mol. The SMILES string of the molecule is Cc1ccc(F)c(C(C)C(NCCO[Si](c2ccccc2)(c2ccccc2)C(C)(C)C)(NS(=O)(=O)c2ccc(Cl)cc2)C(=O)O)c1C. The molecule has 250 valence electrons. The van der Waals surface area contributed by atoms with Gasteiger partial charge in [-0.05, 0) is 76.3 Å². The number of carbonyl (C=O) groups is 1. The van der Waals surface area contributed by atoms with Gasteiger partial charge in [0.05, 0.1) is 4.90 Å². The first-order valence-electron chi connectivity index (χ1n) is 15.4. The fraction of sp³-hybridized carbons (Fsp3) is 0.306. The molecule has 0 radical (unpaired) electrons. The fourth-order valence-corrected chi connectivity index (χ4v) is 12.3. The zero-order chi connectivity index (χ0) is 34.6. The van der Waals surface area contributed by atoms with E-state index in [9.17, 15) is 18.3 Å². The minimum Gasteiger partial charge on any atom is -0.479 e. The molecule has 3 N–H and O–H groups in total. The highest BCUT2D eigenvalue weighted by atomic mass is 35.5. The van der Waals surface area contributed by atoms with Gasteiger partial charge in [0.1, 0.15) is 5.82 Å². The van der Waals surface area contributed by atoms with Gasteiger partial charge in [0, 0.05) is 24.1 Å². The summed E-state index contributed by atoms with van der Waals surface area (Å²) in [5.74, 6) is -3.36. The van der Waals surface area contributed by atoms with Crippen LogP contribution in [0.2, 0.25) is 10.1 Å². The summed E-state index contributed by atoms with van der Waals surface area (Å²) in [6.07, 6.45) is 0. The molecular weight excluding hydrogens is 655 g/mol. The first-order chi connectivity index (χ1) is 22.1. The number of hydrogen-bond donors (Lipinski definition) is 3. The molecule has 0 heterocycles. The lowest BCUT2D eigenvalue weighted by molar-refractivity contribution is -0.146. The molecule has 0 fully saturated rings. The Hall–Kier alpha value is -3.38. The van der Waals surface area contributed by atoms with Crippen LogP contribution in [0.4, 0.5) is 4.39 Å². The second-order valence-corrected chi connectivity index (χ2v) is 19.2. The Morgan fingerprint density at radius 2 is 1.45 bits per heavy atom. The third-order valence-electron chi connectivity index (χ3n) is 8.81. The first kappa shape index (κ1) is 36.5. The summed E-state index contributed by atoms with van der Waals surface area (Å²) in [4.78, 5) is 13.1. The van der Waals surface area contributed by atoms with Gasteiger partial charge in [-0.2, -0.15) is 4.72 Å². The summed E-state index contributed by atoms with van der Waals surface area (Å²) in [5, 5.41) is 15.9. The lowest BCUT2D eigenvalue weighted by Crippen LogP contribution is -2.69. The Morgan fingerprint density at radius 3 is 1.94 bits per heavy atom. The highest BCUT2D eigenvalue weighted by Crippen LogP contribution is 2.37. The van der Waals surface area contributed by atoms with Crippen LogP contribution in [0.1, 0.15) is 50.3 Å². The third kappa shape index (κ3) is 7.38. The topological polar surface area (TPSA) is 105 Å². The van der Waals surface area contributed by atoms with Crippen molar-refractivity contribution in [2.24, 2.45) is 0 Å². The number of nitrogens with one attached hydrogen (secondary N) is 2. The van der Waals surface area contributed by atoms with Crippen molar-refractivity contribution < 1.29 is 27.1 Å². The number of carboxylic acids is 1. The van der Waals surface area contributed by atoms with Crippen molar-refractivity contribution in [1.82, 2.24) is 10.0 Å². The van der Waals surface area contributed by atoms with Gasteiger partial charge in [0.15, 0.2) is 5.66 Å². The van der Waals surface area contributed by atoms with Crippen molar-refractivity contribution in [2.45, 2.75) is 63.1 Å². The average Bonchev–Trinajstić information content (AvgIpc) is 3.02. The molecule has 7 nitrogen and oxygen atoms in total. The molecule has 2 atom stereocenters. The van der Waals surface area contributed by atoms with Crippen LogP contribution in [0.15, 0.2) is 102 Å². The van der Waals surface area contributed by atoms with Gasteiger partial charge in [-0.3, -0.25) is 5.32 Å². The molecule has 0 aromatic heterocycles. The summed E-state index contributed by atoms with van der Waals surface area (Å²) in [7, 11) is -7.44. The second-order valence-electron chi connectivity index (χ2n) is 12.7. The maximum absolute atomic E-state index is 15.5. The molecule has 11 heteroatoms. The fourth-order valence-electron chi connectivity index (χ4n) is 6.23. The van der Waals surface area contributed by atoms with Crippen molar-refractivity contribution in [3.05, 3.63) is 125 Å². The summed E-state index contributed by atoms with van der Waals surface area (Å²) < 4.78 is 52.4. The van der Waals surface area contributed by atoms with Gasteiger partial charge in [-0.1, -0.05) is 106 Å². The second kappa shape index (κ2) is 14.4. The van der Waals surface area contributed by atoms with E-state index in [1.165, 1.54) is 37.3 Å². The molecule has 4 aromatic carbocycles. The number of halogens is 2. The monoisotopic (exact) mass is 696 g/mol. The van der Waals surface area contributed by atoms with Crippen LogP contribution in [0.3, 0.4) is 0 Å². The van der Waals surface area contributed by atoms with Crippen molar-refractivity contribution in [1.29, 1.82) is 0 Å². The highest BCUT2D eigenvalue weighted by Gasteiger charge is 2.51. The quantitative estimate of drug-likeness (QED) is 0.0884. The molecule has 0 aliphatic carbocycles. The molecule has 47 heavy (non-hydrogen) atoms. The molecule has 0 spiro atoms. The Bertz CT molecular complexity index is 1760. The lowest BCUT2D eigenvalue weighted by atomic mass is 9.83. The van der Waals surface area contributed by atoms with Gasteiger partial charge in [0.2, 0.25) is 10.0 Å². The van der Waals surface area contributed by atoms with Gasteiger partial charge >= 0.3 is 5.97 Å². The van der Waals surface area contributed by atoms with E-state index in [-0.39, 0.29) is 28.6 Å². The lowest BCUT2D eigenvalue weighted by Gasteiger charge is -2.43. The molecule has 4 rings (SSSR count). The third-order valence-corrected chi connectivity index (χ3v) is 15.6. The highest BCUT2D eigenvalue weighted by molar-refractivity contribution is 7.89. The van der Waals surface area contributed by atoms with Crippen molar-refractivity contribution in [3.63, 3.8) is 0 Å². The van der Waals surface area contributed by atoms with Crippen molar-refractivity contribution in [3.8, 4) is 0 Å². The number of carboxylic acid groups (broad SMARTS) is 1. The summed E-state index contributed by atoms with van der Waals surface area (Å²) in [6, 6.07) is 28.2. The zero-order valence-electron chi connectivity index (χ0n) is 27.5. The molecule has 0 amide bonds. The molecule has 0 aliphatic heterocycles. The largest absolute Gasteiger partial charge is 0.479 e.